The summed E-state index contributed by atoms with van der Waals surface area (Å²) in [7, 11) is 1.49. The van der Waals surface area contributed by atoms with E-state index in [0.717, 1.165) is 31.8 Å². The number of nitrogens with one attached hydrogen (secondary N) is 1. The van der Waals surface area contributed by atoms with Gasteiger partial charge in [-0.25, -0.2) is 0 Å². The monoisotopic (exact) mass is 219 g/mol. The molecule has 82 valence electrons. The second-order valence-corrected chi connectivity index (χ2v) is 4.35. The number of esters is 1. The standard InChI is InChI=1S/C10H17NO2.ClH/c1-13-9(12)10-4-2-8(3-5-10)6-11-7-10;/h8,11H,2-7H2,1H3;1H. The highest BCUT2D eigenvalue weighted by Gasteiger charge is 2.44. The van der Waals surface area contributed by atoms with Gasteiger partial charge in [-0.3, -0.25) is 4.79 Å². The summed E-state index contributed by atoms with van der Waals surface area (Å²) in [6.07, 6.45) is 4.39. The predicted molar refractivity (Wildman–Crippen MR) is 56.5 cm³/mol. The third-order valence-electron chi connectivity index (χ3n) is 3.58. The molecule has 3 rings (SSSR count). The van der Waals surface area contributed by atoms with Crippen molar-refractivity contribution in [1.29, 1.82) is 0 Å². The van der Waals surface area contributed by atoms with E-state index in [2.05, 4.69) is 5.32 Å². The summed E-state index contributed by atoms with van der Waals surface area (Å²) in [4.78, 5) is 11.6. The Morgan fingerprint density at radius 3 is 2.64 bits per heavy atom. The van der Waals surface area contributed by atoms with Gasteiger partial charge in [0.15, 0.2) is 0 Å². The van der Waals surface area contributed by atoms with Crippen LogP contribution in [0, 0.1) is 11.3 Å². The van der Waals surface area contributed by atoms with Crippen molar-refractivity contribution in [2.45, 2.75) is 25.7 Å². The predicted octanol–water partition coefficient (Wildman–Crippen LogP) is 1.36. The number of ether oxygens (including phenoxy) is 1. The minimum Gasteiger partial charge on any atom is -0.469 e. The number of carbonyl (C=O) groups excluding carboxylic acids is 1. The van der Waals surface area contributed by atoms with E-state index in [4.69, 9.17) is 4.74 Å². The molecule has 0 radical (unpaired) electrons. The SMILES string of the molecule is COC(=O)C12CCC(CC1)CNC2.Cl. The van der Waals surface area contributed by atoms with E-state index < -0.39 is 0 Å². The van der Waals surface area contributed by atoms with Crippen LogP contribution in [0.5, 0.6) is 0 Å². The number of methoxy groups -OCH3 is 1. The lowest BCUT2D eigenvalue weighted by Crippen LogP contribution is -2.40. The number of rotatable bonds is 1. The van der Waals surface area contributed by atoms with E-state index in [-0.39, 0.29) is 23.8 Å². The lowest BCUT2D eigenvalue weighted by atomic mass is 9.72. The summed E-state index contributed by atoms with van der Waals surface area (Å²) in [5.41, 5.74) is -0.193. The molecule has 0 spiro atoms. The molecule has 2 saturated heterocycles. The molecule has 1 aliphatic carbocycles. The Kier molecular flexibility index (Phi) is 3.78. The minimum atomic E-state index is -0.193. The third kappa shape index (κ3) is 1.89. The lowest BCUT2D eigenvalue weighted by molar-refractivity contribution is -0.154. The van der Waals surface area contributed by atoms with Crippen LogP contribution < -0.4 is 5.32 Å². The van der Waals surface area contributed by atoms with E-state index in [1.54, 1.807) is 0 Å². The highest BCUT2D eigenvalue weighted by Crippen LogP contribution is 2.41. The summed E-state index contributed by atoms with van der Waals surface area (Å²) in [6, 6.07) is 0. The van der Waals surface area contributed by atoms with Gasteiger partial charge in [-0.2, -0.15) is 0 Å². The van der Waals surface area contributed by atoms with Gasteiger partial charge in [-0.05, 0) is 38.1 Å². The zero-order chi connectivity index (χ0) is 9.31. The number of hydrogen-bond acceptors (Lipinski definition) is 3. The molecule has 1 N–H and O–H groups in total. The lowest BCUT2D eigenvalue weighted by Gasteiger charge is -2.33. The zero-order valence-corrected chi connectivity index (χ0v) is 9.36. The van der Waals surface area contributed by atoms with Crippen molar-refractivity contribution in [3.63, 3.8) is 0 Å². The molecule has 3 aliphatic rings. The molecule has 3 fully saturated rings. The van der Waals surface area contributed by atoms with E-state index in [9.17, 15) is 4.79 Å². The smallest absolute Gasteiger partial charge is 0.313 e. The highest BCUT2D eigenvalue weighted by atomic mass is 35.5. The van der Waals surface area contributed by atoms with Gasteiger partial charge < -0.3 is 10.1 Å². The second-order valence-electron chi connectivity index (χ2n) is 4.35. The number of hydrogen-bond donors (Lipinski definition) is 1. The van der Waals surface area contributed by atoms with Gasteiger partial charge in [0.25, 0.3) is 0 Å². The normalized spacial score (nSPS) is 35.6. The maximum Gasteiger partial charge on any atom is 0.313 e. The molecule has 0 atom stereocenters. The summed E-state index contributed by atoms with van der Waals surface area (Å²) in [5.74, 6) is 0.778. The van der Waals surface area contributed by atoms with Gasteiger partial charge in [-0.15, -0.1) is 12.4 Å². The highest BCUT2D eigenvalue weighted by molar-refractivity contribution is 5.85. The van der Waals surface area contributed by atoms with Gasteiger partial charge >= 0.3 is 5.97 Å². The molecule has 14 heavy (non-hydrogen) atoms. The Morgan fingerprint density at radius 2 is 2.07 bits per heavy atom. The van der Waals surface area contributed by atoms with Crippen LogP contribution in [0.25, 0.3) is 0 Å². The summed E-state index contributed by atoms with van der Waals surface area (Å²) in [6.45, 7) is 1.90. The Labute approximate surface area is 91.0 Å². The fourth-order valence-electron chi connectivity index (χ4n) is 2.62. The number of fused-ring (bicyclic) bond motifs is 4. The average Bonchev–Trinajstić information content (AvgIpc) is 2.50. The molecule has 1 saturated carbocycles. The average molecular weight is 220 g/mol. The van der Waals surface area contributed by atoms with Gasteiger partial charge in [0.05, 0.1) is 12.5 Å². The Hall–Kier alpha value is -0.280. The van der Waals surface area contributed by atoms with Crippen LogP contribution in [0.2, 0.25) is 0 Å². The first kappa shape index (κ1) is 11.8. The summed E-state index contributed by atoms with van der Waals surface area (Å²) < 4.78 is 4.89. The first-order valence-electron chi connectivity index (χ1n) is 5.06. The molecule has 0 aromatic carbocycles. The van der Waals surface area contributed by atoms with Crippen molar-refractivity contribution in [3.8, 4) is 0 Å². The van der Waals surface area contributed by atoms with Crippen LogP contribution in [0.1, 0.15) is 25.7 Å². The van der Waals surface area contributed by atoms with Crippen LogP contribution in [-0.2, 0) is 9.53 Å². The molecular weight excluding hydrogens is 202 g/mol. The molecular formula is C10H18ClNO2. The maximum absolute atomic E-state index is 11.6. The van der Waals surface area contributed by atoms with Gasteiger partial charge in [-0.1, -0.05) is 0 Å². The van der Waals surface area contributed by atoms with Crippen LogP contribution >= 0.6 is 12.4 Å². The molecule has 0 amide bonds. The van der Waals surface area contributed by atoms with Gasteiger partial charge in [0.1, 0.15) is 0 Å². The van der Waals surface area contributed by atoms with Crippen molar-refractivity contribution in [1.82, 2.24) is 5.32 Å². The van der Waals surface area contributed by atoms with Crippen molar-refractivity contribution >= 4 is 18.4 Å². The molecule has 2 aliphatic heterocycles. The fraction of sp³-hybridized carbons (Fsp3) is 0.900. The summed E-state index contributed by atoms with van der Waals surface area (Å²) >= 11 is 0. The Balaban J connectivity index is 0.000000980. The molecule has 2 bridgehead atoms. The van der Waals surface area contributed by atoms with Crippen LogP contribution in [-0.4, -0.2) is 26.2 Å². The third-order valence-corrected chi connectivity index (χ3v) is 3.58. The number of halogens is 1. The summed E-state index contributed by atoms with van der Waals surface area (Å²) in [5, 5.41) is 3.36. The Morgan fingerprint density at radius 1 is 1.43 bits per heavy atom. The first-order chi connectivity index (χ1) is 6.27. The molecule has 0 aromatic rings. The van der Waals surface area contributed by atoms with Gasteiger partial charge in [0.2, 0.25) is 0 Å². The molecule has 2 heterocycles. The Bertz CT molecular complexity index is 207. The zero-order valence-electron chi connectivity index (χ0n) is 8.54. The largest absolute Gasteiger partial charge is 0.469 e. The van der Waals surface area contributed by atoms with Crippen molar-refractivity contribution < 1.29 is 9.53 Å². The molecule has 0 unspecified atom stereocenters. The van der Waals surface area contributed by atoms with E-state index >= 15 is 0 Å². The maximum atomic E-state index is 11.6. The first-order valence-corrected chi connectivity index (χ1v) is 5.06. The van der Waals surface area contributed by atoms with Gasteiger partial charge in [0, 0.05) is 6.54 Å². The van der Waals surface area contributed by atoms with Crippen LogP contribution in [0.15, 0.2) is 0 Å². The molecule has 0 aromatic heterocycles. The van der Waals surface area contributed by atoms with Crippen LogP contribution in [0.4, 0.5) is 0 Å². The van der Waals surface area contributed by atoms with Crippen molar-refractivity contribution in [2.24, 2.45) is 11.3 Å². The van der Waals surface area contributed by atoms with E-state index in [1.165, 1.54) is 20.0 Å². The topological polar surface area (TPSA) is 38.3 Å². The van der Waals surface area contributed by atoms with Crippen molar-refractivity contribution in [3.05, 3.63) is 0 Å². The van der Waals surface area contributed by atoms with Crippen molar-refractivity contribution in [2.75, 3.05) is 20.2 Å². The van der Waals surface area contributed by atoms with E-state index in [1.807, 2.05) is 0 Å². The molecule has 3 nitrogen and oxygen atoms in total. The minimum absolute atomic E-state index is 0. The second kappa shape index (κ2) is 4.49. The van der Waals surface area contributed by atoms with Crippen LogP contribution in [0.3, 0.4) is 0 Å². The quantitative estimate of drug-likeness (QED) is 0.677. The number of carbonyl (C=O) groups is 1. The molecule has 4 heteroatoms. The fourth-order valence-corrected chi connectivity index (χ4v) is 2.62. The van der Waals surface area contributed by atoms with E-state index in [0.29, 0.717) is 0 Å².